The summed E-state index contributed by atoms with van der Waals surface area (Å²) in [7, 11) is 0. The van der Waals surface area contributed by atoms with Gasteiger partial charge >= 0.3 is 0 Å². The molecule has 0 bridgehead atoms. The largest absolute Gasteiger partial charge is 0.491 e. The fourth-order valence-corrected chi connectivity index (χ4v) is 2.44. The van der Waals surface area contributed by atoms with E-state index >= 15 is 0 Å². The van der Waals surface area contributed by atoms with E-state index in [1.807, 2.05) is 69.3 Å². The molecule has 0 spiro atoms. The molecule has 0 radical (unpaired) electrons. The molecular weight excluding hydrogens is 370 g/mol. The average molecular weight is 392 g/mol. The summed E-state index contributed by atoms with van der Waals surface area (Å²) in [5.41, 5.74) is 0.991. The topological polar surface area (TPSA) is 47.6 Å². The van der Waals surface area contributed by atoms with Gasteiger partial charge in [0.1, 0.15) is 11.5 Å². The van der Waals surface area contributed by atoms with Crippen LogP contribution in [0.3, 0.4) is 0 Å². The van der Waals surface area contributed by atoms with Gasteiger partial charge in [-0.2, -0.15) is 0 Å². The SMILES string of the molecule is CC(C)Oc1cccc(C(C)NC(=O)COc2ccc(Br)cc2)c1. The van der Waals surface area contributed by atoms with Crippen LogP contribution in [0.1, 0.15) is 32.4 Å². The molecule has 4 nitrogen and oxygen atoms in total. The van der Waals surface area contributed by atoms with E-state index < -0.39 is 0 Å². The van der Waals surface area contributed by atoms with Crippen molar-refractivity contribution in [1.82, 2.24) is 5.32 Å². The third kappa shape index (κ3) is 5.89. The van der Waals surface area contributed by atoms with E-state index in [9.17, 15) is 4.79 Å². The normalized spacial score (nSPS) is 11.9. The molecule has 24 heavy (non-hydrogen) atoms. The van der Waals surface area contributed by atoms with Crippen molar-refractivity contribution >= 4 is 21.8 Å². The Balaban J connectivity index is 1.87. The highest BCUT2D eigenvalue weighted by molar-refractivity contribution is 9.10. The number of hydrogen-bond donors (Lipinski definition) is 1. The number of carbonyl (C=O) groups excluding carboxylic acids is 1. The second-order valence-corrected chi connectivity index (χ2v) is 6.69. The number of hydrogen-bond acceptors (Lipinski definition) is 3. The molecule has 0 aromatic heterocycles. The number of rotatable bonds is 7. The van der Waals surface area contributed by atoms with Crippen LogP contribution in [0.15, 0.2) is 53.0 Å². The third-order valence-corrected chi connectivity index (χ3v) is 3.82. The van der Waals surface area contributed by atoms with Gasteiger partial charge in [-0.1, -0.05) is 28.1 Å². The molecule has 1 atom stereocenters. The minimum absolute atomic E-state index is 0.0197. The molecule has 0 aliphatic heterocycles. The first-order valence-electron chi connectivity index (χ1n) is 7.88. The van der Waals surface area contributed by atoms with Crippen LogP contribution in [0.4, 0.5) is 0 Å². The van der Waals surface area contributed by atoms with Crippen molar-refractivity contribution in [3.8, 4) is 11.5 Å². The predicted molar refractivity (Wildman–Crippen MR) is 98.4 cm³/mol. The van der Waals surface area contributed by atoms with E-state index in [0.717, 1.165) is 15.8 Å². The Hall–Kier alpha value is -2.01. The van der Waals surface area contributed by atoms with Gasteiger partial charge in [-0.05, 0) is 62.7 Å². The van der Waals surface area contributed by atoms with Gasteiger partial charge in [0.2, 0.25) is 0 Å². The average Bonchev–Trinajstić information content (AvgIpc) is 2.54. The van der Waals surface area contributed by atoms with Crippen LogP contribution in [0, 0.1) is 0 Å². The van der Waals surface area contributed by atoms with E-state index in [2.05, 4.69) is 21.2 Å². The lowest BCUT2D eigenvalue weighted by atomic mass is 10.1. The second-order valence-electron chi connectivity index (χ2n) is 5.77. The molecule has 128 valence electrons. The van der Waals surface area contributed by atoms with E-state index in [-0.39, 0.29) is 24.7 Å². The van der Waals surface area contributed by atoms with Gasteiger partial charge in [-0.3, -0.25) is 4.79 Å². The molecule has 2 rings (SSSR count). The first-order valence-corrected chi connectivity index (χ1v) is 8.67. The number of nitrogens with one attached hydrogen (secondary N) is 1. The van der Waals surface area contributed by atoms with Crippen molar-refractivity contribution in [2.24, 2.45) is 0 Å². The fourth-order valence-electron chi connectivity index (χ4n) is 2.18. The third-order valence-electron chi connectivity index (χ3n) is 3.29. The zero-order valence-corrected chi connectivity index (χ0v) is 15.7. The lowest BCUT2D eigenvalue weighted by molar-refractivity contribution is -0.123. The zero-order valence-electron chi connectivity index (χ0n) is 14.1. The highest BCUT2D eigenvalue weighted by Crippen LogP contribution is 2.20. The van der Waals surface area contributed by atoms with Gasteiger partial charge in [0.05, 0.1) is 12.1 Å². The first-order chi connectivity index (χ1) is 11.4. The Morgan fingerprint density at radius 2 is 1.79 bits per heavy atom. The Bertz CT molecular complexity index is 671. The monoisotopic (exact) mass is 391 g/mol. The summed E-state index contributed by atoms with van der Waals surface area (Å²) in [4.78, 5) is 12.1. The molecule has 0 aliphatic rings. The molecule has 0 heterocycles. The van der Waals surface area contributed by atoms with Crippen LogP contribution in [0.5, 0.6) is 11.5 Å². The first kappa shape index (κ1) is 18.3. The quantitative estimate of drug-likeness (QED) is 0.755. The molecule has 1 N–H and O–H groups in total. The number of benzene rings is 2. The maximum absolute atomic E-state index is 12.1. The lowest BCUT2D eigenvalue weighted by Gasteiger charge is -2.17. The van der Waals surface area contributed by atoms with Gasteiger partial charge in [0, 0.05) is 4.47 Å². The molecule has 2 aromatic carbocycles. The Morgan fingerprint density at radius 1 is 1.08 bits per heavy atom. The van der Waals surface area contributed by atoms with Gasteiger partial charge in [0.25, 0.3) is 5.91 Å². The summed E-state index contributed by atoms with van der Waals surface area (Å²) in [6.07, 6.45) is 0.115. The molecule has 0 saturated heterocycles. The van der Waals surface area contributed by atoms with E-state index in [1.165, 1.54) is 0 Å². The van der Waals surface area contributed by atoms with Crippen LogP contribution < -0.4 is 14.8 Å². The molecule has 2 aromatic rings. The molecule has 0 saturated carbocycles. The van der Waals surface area contributed by atoms with Crippen LogP contribution >= 0.6 is 15.9 Å². The van der Waals surface area contributed by atoms with Crippen molar-refractivity contribution in [2.45, 2.75) is 32.9 Å². The maximum Gasteiger partial charge on any atom is 0.258 e. The minimum Gasteiger partial charge on any atom is -0.491 e. The van der Waals surface area contributed by atoms with Crippen LogP contribution in [-0.4, -0.2) is 18.6 Å². The van der Waals surface area contributed by atoms with Crippen molar-refractivity contribution in [1.29, 1.82) is 0 Å². The second kappa shape index (κ2) is 8.73. The Morgan fingerprint density at radius 3 is 2.46 bits per heavy atom. The standard InChI is InChI=1S/C19H22BrNO3/c1-13(2)24-18-6-4-5-15(11-18)14(3)21-19(22)12-23-17-9-7-16(20)8-10-17/h4-11,13-14H,12H2,1-3H3,(H,21,22). The summed E-state index contributed by atoms with van der Waals surface area (Å²) in [6.45, 7) is 5.88. The van der Waals surface area contributed by atoms with Crippen molar-refractivity contribution in [3.05, 3.63) is 58.6 Å². The van der Waals surface area contributed by atoms with Gasteiger partial charge in [0.15, 0.2) is 6.61 Å². The van der Waals surface area contributed by atoms with Crippen molar-refractivity contribution in [2.75, 3.05) is 6.61 Å². The molecule has 1 unspecified atom stereocenters. The van der Waals surface area contributed by atoms with Gasteiger partial charge in [-0.25, -0.2) is 0 Å². The van der Waals surface area contributed by atoms with E-state index in [1.54, 1.807) is 0 Å². The zero-order chi connectivity index (χ0) is 17.5. The molecule has 5 heteroatoms. The lowest BCUT2D eigenvalue weighted by Crippen LogP contribution is -2.31. The van der Waals surface area contributed by atoms with Gasteiger partial charge in [-0.15, -0.1) is 0 Å². The number of amides is 1. The summed E-state index contributed by atoms with van der Waals surface area (Å²) in [5, 5.41) is 2.93. The summed E-state index contributed by atoms with van der Waals surface area (Å²) < 4.78 is 12.1. The molecule has 0 aliphatic carbocycles. The number of halogens is 1. The van der Waals surface area contributed by atoms with Crippen LogP contribution in [-0.2, 0) is 4.79 Å². The highest BCUT2D eigenvalue weighted by Gasteiger charge is 2.11. The Labute approximate surface area is 151 Å². The maximum atomic E-state index is 12.1. The van der Waals surface area contributed by atoms with Crippen LogP contribution in [0.25, 0.3) is 0 Å². The number of ether oxygens (including phenoxy) is 2. The summed E-state index contributed by atoms with van der Waals surface area (Å²) in [5.74, 6) is 1.30. The molecule has 1 amide bonds. The summed E-state index contributed by atoms with van der Waals surface area (Å²) >= 11 is 3.36. The van der Waals surface area contributed by atoms with E-state index in [4.69, 9.17) is 9.47 Å². The molecule has 0 fully saturated rings. The number of carbonyl (C=O) groups is 1. The molecular formula is C19H22BrNO3. The Kier molecular flexibility index (Phi) is 6.67. The van der Waals surface area contributed by atoms with Crippen molar-refractivity contribution < 1.29 is 14.3 Å². The minimum atomic E-state index is -0.166. The van der Waals surface area contributed by atoms with Crippen LogP contribution in [0.2, 0.25) is 0 Å². The fraction of sp³-hybridized carbons (Fsp3) is 0.316. The van der Waals surface area contributed by atoms with Crippen molar-refractivity contribution in [3.63, 3.8) is 0 Å². The highest BCUT2D eigenvalue weighted by atomic mass is 79.9. The van der Waals surface area contributed by atoms with Gasteiger partial charge < -0.3 is 14.8 Å². The van der Waals surface area contributed by atoms with E-state index in [0.29, 0.717) is 5.75 Å². The summed E-state index contributed by atoms with van der Waals surface area (Å²) in [6, 6.07) is 15.0. The smallest absolute Gasteiger partial charge is 0.258 e. The predicted octanol–water partition coefficient (Wildman–Crippen LogP) is 4.49.